The monoisotopic (exact) mass is 318 g/mol. The van der Waals surface area contributed by atoms with Crippen LogP contribution in [0.3, 0.4) is 0 Å². The Morgan fingerprint density at radius 1 is 1.50 bits per heavy atom. The Morgan fingerprint density at radius 3 is 2.75 bits per heavy atom. The van der Waals surface area contributed by atoms with Gasteiger partial charge in [0, 0.05) is 28.7 Å². The van der Waals surface area contributed by atoms with Crippen LogP contribution in [0.15, 0.2) is 18.2 Å². The number of nitro benzene ring substituents is 1. The third-order valence-corrected chi connectivity index (χ3v) is 5.59. The van der Waals surface area contributed by atoms with Crippen LogP contribution in [0.5, 0.6) is 0 Å². The Bertz CT molecular complexity index is 647. The summed E-state index contributed by atoms with van der Waals surface area (Å²) in [6.45, 7) is 2.05. The van der Waals surface area contributed by atoms with Crippen LogP contribution in [0.4, 0.5) is 5.69 Å². The van der Waals surface area contributed by atoms with E-state index in [1.165, 1.54) is 6.07 Å². The lowest BCUT2D eigenvalue weighted by Crippen LogP contribution is -2.42. The molecule has 1 atom stereocenters. The lowest BCUT2D eigenvalue weighted by molar-refractivity contribution is -0.385. The fourth-order valence-electron chi connectivity index (χ4n) is 2.31. The number of hydrogen-bond acceptors (Lipinski definition) is 5. The van der Waals surface area contributed by atoms with E-state index in [9.17, 15) is 18.5 Å². The largest absolute Gasteiger partial charge is 0.306 e. The number of halogens is 1. The van der Waals surface area contributed by atoms with E-state index in [1.54, 1.807) is 12.1 Å². The maximum Gasteiger partial charge on any atom is 0.275 e. The van der Waals surface area contributed by atoms with E-state index in [0.29, 0.717) is 17.0 Å². The van der Waals surface area contributed by atoms with Crippen molar-refractivity contribution >= 4 is 27.1 Å². The quantitative estimate of drug-likeness (QED) is 0.676. The van der Waals surface area contributed by atoms with Crippen LogP contribution >= 0.6 is 11.6 Å². The van der Waals surface area contributed by atoms with Crippen LogP contribution in [0, 0.1) is 10.1 Å². The zero-order valence-electron chi connectivity index (χ0n) is 10.9. The molecule has 6 nitrogen and oxygen atoms in total. The Balaban J connectivity index is 2.14. The molecule has 8 heteroatoms. The molecule has 0 aromatic heterocycles. The van der Waals surface area contributed by atoms with Gasteiger partial charge in [-0.1, -0.05) is 11.6 Å². The van der Waals surface area contributed by atoms with E-state index in [4.69, 9.17) is 11.6 Å². The first-order chi connectivity index (χ1) is 9.21. The van der Waals surface area contributed by atoms with Crippen molar-refractivity contribution in [2.45, 2.75) is 25.4 Å². The minimum Gasteiger partial charge on any atom is -0.306 e. The summed E-state index contributed by atoms with van der Waals surface area (Å²) in [5.41, 5.74) is -0.105. The molecule has 0 bridgehead atoms. The second-order valence-corrected chi connectivity index (χ2v) is 7.91. The third-order valence-electron chi connectivity index (χ3n) is 3.45. The van der Waals surface area contributed by atoms with Crippen molar-refractivity contribution in [1.29, 1.82) is 0 Å². The van der Waals surface area contributed by atoms with Crippen molar-refractivity contribution < 1.29 is 13.3 Å². The number of nitrogens with zero attached hydrogens (tertiary/aromatic N) is 1. The van der Waals surface area contributed by atoms with Crippen LogP contribution < -0.4 is 5.32 Å². The van der Waals surface area contributed by atoms with Gasteiger partial charge in [0.05, 0.1) is 16.4 Å². The van der Waals surface area contributed by atoms with Crippen LogP contribution in [-0.2, 0) is 16.4 Å². The molecular weight excluding hydrogens is 304 g/mol. The van der Waals surface area contributed by atoms with E-state index < -0.39 is 20.3 Å². The lowest BCUT2D eigenvalue weighted by atomic mass is 10.0. The average molecular weight is 319 g/mol. The molecule has 110 valence electrons. The highest BCUT2D eigenvalue weighted by Crippen LogP contribution is 2.26. The van der Waals surface area contributed by atoms with Crippen LogP contribution in [0.1, 0.15) is 18.9 Å². The molecule has 1 aliphatic rings. The molecule has 1 saturated heterocycles. The van der Waals surface area contributed by atoms with E-state index in [1.807, 2.05) is 6.92 Å². The van der Waals surface area contributed by atoms with Gasteiger partial charge in [0.15, 0.2) is 9.84 Å². The van der Waals surface area contributed by atoms with Gasteiger partial charge >= 0.3 is 0 Å². The van der Waals surface area contributed by atoms with Gasteiger partial charge in [0.25, 0.3) is 5.69 Å². The van der Waals surface area contributed by atoms with Gasteiger partial charge in [-0.05, 0) is 25.5 Å². The molecule has 0 aliphatic carbocycles. The molecule has 1 aromatic carbocycles. The third kappa shape index (κ3) is 3.47. The summed E-state index contributed by atoms with van der Waals surface area (Å²) >= 11 is 5.75. The van der Waals surface area contributed by atoms with E-state index >= 15 is 0 Å². The Kier molecular flexibility index (Phi) is 4.04. The van der Waals surface area contributed by atoms with Gasteiger partial charge in [-0.2, -0.15) is 0 Å². The molecule has 1 aromatic rings. The van der Waals surface area contributed by atoms with Gasteiger partial charge in [0.2, 0.25) is 0 Å². The summed E-state index contributed by atoms with van der Waals surface area (Å²) in [6.07, 6.45) is 0.511. The molecule has 2 rings (SSSR count). The SMILES string of the molecule is CC1(NCc2ccc(Cl)cc2[N+](=O)[O-])CCS(=O)(=O)C1. The smallest absolute Gasteiger partial charge is 0.275 e. The zero-order valence-corrected chi connectivity index (χ0v) is 12.5. The average Bonchev–Trinajstić information content (AvgIpc) is 2.62. The van der Waals surface area contributed by atoms with Gasteiger partial charge in [-0.3, -0.25) is 10.1 Å². The van der Waals surface area contributed by atoms with Crippen molar-refractivity contribution in [2.75, 3.05) is 11.5 Å². The Hall–Kier alpha value is -1.18. The number of sulfone groups is 1. The van der Waals surface area contributed by atoms with Crippen molar-refractivity contribution in [3.63, 3.8) is 0 Å². The molecule has 1 unspecified atom stereocenters. The maximum absolute atomic E-state index is 11.5. The molecule has 0 amide bonds. The van der Waals surface area contributed by atoms with Crippen LogP contribution in [0.25, 0.3) is 0 Å². The fraction of sp³-hybridized carbons (Fsp3) is 0.500. The number of nitrogens with one attached hydrogen (secondary N) is 1. The number of benzene rings is 1. The Labute approximate surface area is 122 Å². The van der Waals surface area contributed by atoms with Gasteiger partial charge in [-0.25, -0.2) is 8.42 Å². The first-order valence-corrected chi connectivity index (χ1v) is 8.29. The van der Waals surface area contributed by atoms with Crippen molar-refractivity contribution in [1.82, 2.24) is 5.32 Å². The molecule has 0 saturated carbocycles. The topological polar surface area (TPSA) is 89.3 Å². The van der Waals surface area contributed by atoms with Crippen LogP contribution in [0.2, 0.25) is 5.02 Å². The highest BCUT2D eigenvalue weighted by molar-refractivity contribution is 7.91. The number of rotatable bonds is 4. The van der Waals surface area contributed by atoms with Crippen molar-refractivity contribution in [3.05, 3.63) is 38.9 Å². The summed E-state index contributed by atoms with van der Waals surface area (Å²) in [4.78, 5) is 10.5. The summed E-state index contributed by atoms with van der Waals surface area (Å²) in [5.74, 6) is 0.209. The highest BCUT2D eigenvalue weighted by atomic mass is 35.5. The van der Waals surface area contributed by atoms with E-state index in [2.05, 4.69) is 5.32 Å². The molecule has 1 aliphatic heterocycles. The predicted molar refractivity (Wildman–Crippen MR) is 76.6 cm³/mol. The normalized spacial score (nSPS) is 24.7. The second kappa shape index (κ2) is 5.31. The molecule has 1 N–H and O–H groups in total. The molecule has 0 radical (unpaired) electrons. The first kappa shape index (κ1) is 15.2. The zero-order chi connectivity index (χ0) is 15.0. The summed E-state index contributed by atoms with van der Waals surface area (Å²) in [5, 5.41) is 14.4. The molecule has 1 fully saturated rings. The minimum absolute atomic E-state index is 0.0569. The van der Waals surface area contributed by atoms with E-state index in [0.717, 1.165) is 0 Å². The Morgan fingerprint density at radius 2 is 2.20 bits per heavy atom. The van der Waals surface area contributed by atoms with Crippen molar-refractivity contribution in [3.8, 4) is 0 Å². The maximum atomic E-state index is 11.5. The predicted octanol–water partition coefficient (Wildman–Crippen LogP) is 1.92. The van der Waals surface area contributed by atoms with E-state index in [-0.39, 0.29) is 23.7 Å². The van der Waals surface area contributed by atoms with Gasteiger partial charge in [-0.15, -0.1) is 0 Å². The second-order valence-electron chi connectivity index (χ2n) is 5.29. The van der Waals surface area contributed by atoms with Crippen LogP contribution in [-0.4, -0.2) is 30.4 Å². The number of nitro groups is 1. The summed E-state index contributed by atoms with van der Waals surface area (Å²) < 4.78 is 23.0. The highest BCUT2D eigenvalue weighted by Gasteiger charge is 2.38. The summed E-state index contributed by atoms with van der Waals surface area (Å²) in [7, 11) is -3.01. The molecular formula is C12H15ClN2O4S. The molecule has 1 heterocycles. The first-order valence-electron chi connectivity index (χ1n) is 6.09. The lowest BCUT2D eigenvalue weighted by Gasteiger charge is -2.23. The molecule has 20 heavy (non-hydrogen) atoms. The summed E-state index contributed by atoms with van der Waals surface area (Å²) in [6, 6.07) is 4.46. The van der Waals surface area contributed by atoms with Crippen molar-refractivity contribution in [2.24, 2.45) is 0 Å². The number of hydrogen-bond donors (Lipinski definition) is 1. The van der Waals surface area contributed by atoms with Gasteiger partial charge in [0.1, 0.15) is 0 Å². The fourth-order valence-corrected chi connectivity index (χ4v) is 4.60. The van der Waals surface area contributed by atoms with Gasteiger partial charge < -0.3 is 5.32 Å². The minimum atomic E-state index is -3.01. The standard InChI is InChI=1S/C12H15ClN2O4S/c1-12(4-5-20(18,19)8-12)14-7-9-2-3-10(13)6-11(9)15(16)17/h2-3,6,14H,4-5,7-8H2,1H3. The molecule has 0 spiro atoms.